The van der Waals surface area contributed by atoms with Gasteiger partial charge in [-0.05, 0) is 19.8 Å². The first kappa shape index (κ1) is 15.1. The predicted octanol–water partition coefficient (Wildman–Crippen LogP) is 2.18. The molecule has 1 aromatic heterocycles. The van der Waals surface area contributed by atoms with Crippen molar-refractivity contribution in [1.82, 2.24) is 9.88 Å². The molecule has 1 aromatic rings. The highest BCUT2D eigenvalue weighted by Gasteiger charge is 2.35. The van der Waals surface area contributed by atoms with E-state index in [-0.39, 0.29) is 5.91 Å². The van der Waals surface area contributed by atoms with E-state index in [1.165, 1.54) is 0 Å². The standard InChI is InChI=1S/C13H23N3OS/c1-5-13(6-2,9-14)12(17)16(4)8-11-7-15-10(3)18-11/h7H,5-6,8-9,14H2,1-4H3. The number of nitrogens with two attached hydrogens (primary N) is 1. The molecule has 0 saturated heterocycles. The Balaban J connectivity index is 2.76. The smallest absolute Gasteiger partial charge is 0.230 e. The van der Waals surface area contributed by atoms with E-state index in [9.17, 15) is 4.79 Å². The number of carbonyl (C=O) groups is 1. The molecule has 0 unspecified atom stereocenters. The van der Waals surface area contributed by atoms with Crippen LogP contribution in [0.15, 0.2) is 6.20 Å². The van der Waals surface area contributed by atoms with Crippen molar-refractivity contribution in [1.29, 1.82) is 0 Å². The van der Waals surface area contributed by atoms with Gasteiger partial charge in [-0.25, -0.2) is 4.98 Å². The number of hydrogen-bond donors (Lipinski definition) is 1. The molecule has 0 aliphatic rings. The molecule has 0 aromatic carbocycles. The molecule has 4 nitrogen and oxygen atoms in total. The Morgan fingerprint density at radius 2 is 2.11 bits per heavy atom. The van der Waals surface area contributed by atoms with E-state index in [2.05, 4.69) is 4.98 Å². The van der Waals surface area contributed by atoms with Gasteiger partial charge in [0, 0.05) is 24.7 Å². The number of thiazole rings is 1. The van der Waals surface area contributed by atoms with Gasteiger partial charge in [-0.2, -0.15) is 0 Å². The monoisotopic (exact) mass is 269 g/mol. The quantitative estimate of drug-likeness (QED) is 0.861. The molecule has 0 atom stereocenters. The molecule has 5 heteroatoms. The average Bonchev–Trinajstić information content (AvgIpc) is 2.77. The van der Waals surface area contributed by atoms with E-state index in [1.54, 1.807) is 16.2 Å². The van der Waals surface area contributed by atoms with Crippen LogP contribution in [0.3, 0.4) is 0 Å². The summed E-state index contributed by atoms with van der Waals surface area (Å²) in [7, 11) is 1.84. The van der Waals surface area contributed by atoms with Gasteiger partial charge in [-0.1, -0.05) is 13.8 Å². The van der Waals surface area contributed by atoms with Gasteiger partial charge >= 0.3 is 0 Å². The first-order chi connectivity index (χ1) is 8.49. The maximum Gasteiger partial charge on any atom is 0.230 e. The summed E-state index contributed by atoms with van der Waals surface area (Å²) >= 11 is 1.63. The summed E-state index contributed by atoms with van der Waals surface area (Å²) in [5.41, 5.74) is 5.40. The van der Waals surface area contributed by atoms with Crippen LogP contribution in [0.5, 0.6) is 0 Å². The van der Waals surface area contributed by atoms with Crippen molar-refractivity contribution in [3.05, 3.63) is 16.1 Å². The first-order valence-electron chi connectivity index (χ1n) is 6.36. The second kappa shape index (κ2) is 6.29. The SMILES string of the molecule is CCC(CC)(CN)C(=O)N(C)Cc1cnc(C)s1. The molecule has 0 spiro atoms. The lowest BCUT2D eigenvalue weighted by molar-refractivity contribution is -0.141. The maximum atomic E-state index is 12.5. The molecule has 1 heterocycles. The Labute approximate surface area is 113 Å². The van der Waals surface area contributed by atoms with E-state index in [0.717, 1.165) is 22.7 Å². The predicted molar refractivity (Wildman–Crippen MR) is 75.4 cm³/mol. The molecular formula is C13H23N3OS. The van der Waals surface area contributed by atoms with Gasteiger partial charge in [0.15, 0.2) is 0 Å². The van der Waals surface area contributed by atoms with Crippen molar-refractivity contribution in [3.8, 4) is 0 Å². The zero-order valence-corrected chi connectivity index (χ0v) is 12.5. The Morgan fingerprint density at radius 1 is 1.50 bits per heavy atom. The molecule has 0 aliphatic carbocycles. The van der Waals surface area contributed by atoms with Crippen LogP contribution >= 0.6 is 11.3 Å². The van der Waals surface area contributed by atoms with Crippen LogP contribution in [0.1, 0.15) is 36.6 Å². The molecule has 0 saturated carbocycles. The Bertz CT molecular complexity index is 390. The third kappa shape index (κ3) is 3.09. The van der Waals surface area contributed by atoms with Crippen molar-refractivity contribution in [2.75, 3.05) is 13.6 Å². The number of amides is 1. The third-order valence-electron chi connectivity index (χ3n) is 3.61. The average molecular weight is 269 g/mol. The van der Waals surface area contributed by atoms with Gasteiger partial charge < -0.3 is 10.6 Å². The summed E-state index contributed by atoms with van der Waals surface area (Å²) in [6.07, 6.45) is 3.40. The lowest BCUT2D eigenvalue weighted by Gasteiger charge is -2.33. The fraction of sp³-hybridized carbons (Fsp3) is 0.692. The highest BCUT2D eigenvalue weighted by molar-refractivity contribution is 7.11. The topological polar surface area (TPSA) is 59.2 Å². The minimum absolute atomic E-state index is 0.140. The molecule has 0 bridgehead atoms. The molecule has 0 fully saturated rings. The lowest BCUT2D eigenvalue weighted by atomic mass is 9.81. The summed E-state index contributed by atoms with van der Waals surface area (Å²) in [5.74, 6) is 0.140. The second-order valence-electron chi connectivity index (χ2n) is 4.70. The molecule has 2 N–H and O–H groups in total. The van der Waals surface area contributed by atoms with Crippen LogP contribution in [-0.2, 0) is 11.3 Å². The summed E-state index contributed by atoms with van der Waals surface area (Å²) in [4.78, 5) is 19.6. The van der Waals surface area contributed by atoms with E-state index in [1.807, 2.05) is 34.0 Å². The van der Waals surface area contributed by atoms with Crippen molar-refractivity contribution in [2.45, 2.75) is 40.2 Å². The van der Waals surface area contributed by atoms with Gasteiger partial charge in [0.1, 0.15) is 0 Å². The molecule has 0 aliphatic heterocycles. The normalized spacial score (nSPS) is 11.6. The van der Waals surface area contributed by atoms with Crippen LogP contribution in [-0.4, -0.2) is 29.4 Å². The fourth-order valence-corrected chi connectivity index (χ4v) is 2.97. The van der Waals surface area contributed by atoms with Crippen molar-refractivity contribution in [3.63, 3.8) is 0 Å². The summed E-state index contributed by atoms with van der Waals surface area (Å²) in [5, 5.41) is 1.03. The van der Waals surface area contributed by atoms with Crippen LogP contribution in [0.25, 0.3) is 0 Å². The fourth-order valence-electron chi connectivity index (χ4n) is 2.12. The van der Waals surface area contributed by atoms with Crippen LogP contribution in [0.4, 0.5) is 0 Å². The van der Waals surface area contributed by atoms with E-state index in [4.69, 9.17) is 5.73 Å². The molecular weight excluding hydrogens is 246 g/mol. The Kier molecular flexibility index (Phi) is 5.28. The summed E-state index contributed by atoms with van der Waals surface area (Å²) in [6, 6.07) is 0. The van der Waals surface area contributed by atoms with Crippen LogP contribution in [0, 0.1) is 12.3 Å². The number of nitrogens with zero attached hydrogens (tertiary/aromatic N) is 2. The van der Waals surface area contributed by atoms with Gasteiger partial charge in [0.25, 0.3) is 0 Å². The van der Waals surface area contributed by atoms with Crippen LogP contribution in [0.2, 0.25) is 0 Å². The minimum atomic E-state index is -0.408. The zero-order valence-electron chi connectivity index (χ0n) is 11.7. The number of hydrogen-bond acceptors (Lipinski definition) is 4. The first-order valence-corrected chi connectivity index (χ1v) is 7.17. The number of rotatable bonds is 6. The van der Waals surface area contributed by atoms with Gasteiger partial charge in [0.2, 0.25) is 5.91 Å². The Morgan fingerprint density at radius 3 is 2.50 bits per heavy atom. The van der Waals surface area contributed by atoms with E-state index in [0.29, 0.717) is 13.1 Å². The maximum absolute atomic E-state index is 12.5. The molecule has 18 heavy (non-hydrogen) atoms. The van der Waals surface area contributed by atoms with Crippen LogP contribution < -0.4 is 5.73 Å². The molecule has 1 amide bonds. The van der Waals surface area contributed by atoms with E-state index < -0.39 is 5.41 Å². The van der Waals surface area contributed by atoms with Crippen molar-refractivity contribution < 1.29 is 4.79 Å². The third-order valence-corrected chi connectivity index (χ3v) is 4.50. The van der Waals surface area contributed by atoms with Gasteiger partial charge in [0.05, 0.1) is 17.0 Å². The highest BCUT2D eigenvalue weighted by Crippen LogP contribution is 2.28. The molecule has 102 valence electrons. The molecule has 0 radical (unpaired) electrons. The van der Waals surface area contributed by atoms with Gasteiger partial charge in [-0.3, -0.25) is 4.79 Å². The number of carbonyl (C=O) groups excluding carboxylic acids is 1. The Hall–Kier alpha value is -0.940. The van der Waals surface area contributed by atoms with Crippen molar-refractivity contribution in [2.24, 2.45) is 11.1 Å². The highest BCUT2D eigenvalue weighted by atomic mass is 32.1. The summed E-state index contributed by atoms with van der Waals surface area (Å²) in [6.45, 7) is 7.05. The second-order valence-corrected chi connectivity index (χ2v) is 6.02. The summed E-state index contributed by atoms with van der Waals surface area (Å²) < 4.78 is 0. The van der Waals surface area contributed by atoms with Crippen molar-refractivity contribution >= 4 is 17.2 Å². The lowest BCUT2D eigenvalue weighted by Crippen LogP contribution is -2.45. The zero-order chi connectivity index (χ0) is 13.8. The van der Waals surface area contributed by atoms with Gasteiger partial charge in [-0.15, -0.1) is 11.3 Å². The van der Waals surface area contributed by atoms with E-state index >= 15 is 0 Å². The number of aryl methyl sites for hydroxylation is 1. The largest absolute Gasteiger partial charge is 0.340 e. The number of aromatic nitrogens is 1. The molecule has 1 rings (SSSR count). The minimum Gasteiger partial charge on any atom is -0.340 e.